The molecule has 12 heavy (non-hydrogen) atoms. The number of aromatic nitrogens is 2. The second-order valence-electron chi connectivity index (χ2n) is 1.48. The van der Waals surface area contributed by atoms with Gasteiger partial charge in [0.15, 0.2) is 0 Å². The van der Waals surface area contributed by atoms with Crippen LogP contribution in [0.4, 0.5) is 5.82 Å². The number of nitrogens with two attached hydrogens (primary N) is 1. The van der Waals surface area contributed by atoms with Crippen molar-refractivity contribution in [2.24, 2.45) is 0 Å². The lowest BCUT2D eigenvalue weighted by Gasteiger charge is -1.94. The van der Waals surface area contributed by atoms with Gasteiger partial charge in [0.1, 0.15) is 17.3 Å². The first-order valence-electron chi connectivity index (χ1n) is 2.65. The predicted molar refractivity (Wildman–Crippen MR) is 54.4 cm³/mol. The minimum absolute atomic E-state index is 0. The van der Waals surface area contributed by atoms with Gasteiger partial charge >= 0.3 is 7.69 Å². The van der Waals surface area contributed by atoms with Crippen LogP contribution in [0.1, 0.15) is 0 Å². The van der Waals surface area contributed by atoms with Gasteiger partial charge in [-0.15, -0.1) is 0 Å². The Morgan fingerprint density at radius 2 is 2.00 bits per heavy atom. The van der Waals surface area contributed by atoms with Crippen molar-refractivity contribution < 1.29 is 10.0 Å². The molecule has 0 aliphatic carbocycles. The normalized spacial score (nSPS) is 8.33. The van der Waals surface area contributed by atoms with E-state index in [0.717, 1.165) is 0 Å². The number of anilines is 1. The first-order valence-corrected chi connectivity index (χ1v) is 4.10. The van der Waals surface area contributed by atoms with E-state index >= 15 is 0 Å². The third kappa shape index (κ3) is 4.05. The first kappa shape index (κ1) is 11.9. The highest BCUT2D eigenvalue weighted by Gasteiger charge is 2.00. The van der Waals surface area contributed by atoms with E-state index in [1.807, 2.05) is 22.6 Å². The summed E-state index contributed by atoms with van der Waals surface area (Å²) in [6.07, 6.45) is 1.33. The maximum Gasteiger partial charge on any atom is 0.482 e. The summed E-state index contributed by atoms with van der Waals surface area (Å²) in [5.74, 6) is 0.426. The fourth-order valence-corrected chi connectivity index (χ4v) is 0.780. The molecule has 0 atom stereocenters. The molecule has 0 aromatic carbocycles. The summed E-state index contributed by atoms with van der Waals surface area (Å²) in [4.78, 5) is 7.42. The predicted octanol–water partition coefficient (Wildman–Crippen LogP) is -0.178. The van der Waals surface area contributed by atoms with Gasteiger partial charge in [0, 0.05) is 0 Å². The standard InChI is InChI=1S/C4H3ClIN3.BH2O2/c5-3-2(6)4(7)9-1-8-3;2-1-3/h1H,(H2,7,8,9);2-3H. The van der Waals surface area contributed by atoms with Gasteiger partial charge in [-0.2, -0.15) is 0 Å². The summed E-state index contributed by atoms with van der Waals surface area (Å²) in [6, 6.07) is 0. The van der Waals surface area contributed by atoms with E-state index in [9.17, 15) is 0 Å². The molecule has 0 amide bonds. The molecule has 0 unspecified atom stereocenters. The number of nitrogen functional groups attached to an aromatic ring is 1. The van der Waals surface area contributed by atoms with Crippen molar-refractivity contribution in [1.82, 2.24) is 9.97 Å². The molecule has 4 N–H and O–H groups in total. The lowest BCUT2D eigenvalue weighted by molar-refractivity contribution is 0.448. The van der Waals surface area contributed by atoms with Crippen LogP contribution in [0.25, 0.3) is 0 Å². The molecule has 0 saturated heterocycles. The smallest absolute Gasteiger partial charge is 0.429 e. The molecule has 0 saturated carbocycles. The van der Waals surface area contributed by atoms with Gasteiger partial charge in [-0.25, -0.2) is 9.97 Å². The third-order valence-electron chi connectivity index (χ3n) is 0.774. The summed E-state index contributed by atoms with van der Waals surface area (Å²) in [6.45, 7) is 0. The van der Waals surface area contributed by atoms with Crippen LogP contribution in [0.3, 0.4) is 0 Å². The van der Waals surface area contributed by atoms with Crippen LogP contribution in [-0.2, 0) is 0 Å². The van der Waals surface area contributed by atoms with E-state index in [1.54, 1.807) is 0 Å². The Kier molecular flexibility index (Phi) is 6.34. The molecule has 1 aromatic rings. The molecular weight excluding hydrogens is 295 g/mol. The fraction of sp³-hybridized carbons (Fsp3) is 0. The summed E-state index contributed by atoms with van der Waals surface area (Å²) in [7, 11) is 0. The van der Waals surface area contributed by atoms with Gasteiger partial charge in [0.2, 0.25) is 0 Å². The van der Waals surface area contributed by atoms with Crippen LogP contribution in [0, 0.1) is 3.57 Å². The van der Waals surface area contributed by atoms with Crippen LogP contribution in [0.15, 0.2) is 6.33 Å². The molecule has 0 bridgehead atoms. The molecule has 1 rings (SSSR count). The maximum atomic E-state index is 7.00. The topological polar surface area (TPSA) is 92.3 Å². The van der Waals surface area contributed by atoms with Gasteiger partial charge in [0.25, 0.3) is 0 Å². The van der Waals surface area contributed by atoms with Gasteiger partial charge in [-0.3, -0.25) is 0 Å². The SMILES string of the molecule is Nc1ncnc(Cl)c1I.O[B]O. The highest BCUT2D eigenvalue weighted by Crippen LogP contribution is 2.18. The zero-order chi connectivity index (χ0) is 9.56. The molecular formula is C4H5BClIN3O2. The molecule has 8 heteroatoms. The molecule has 1 radical (unpaired) electrons. The molecule has 1 aromatic heterocycles. The van der Waals surface area contributed by atoms with Crippen molar-refractivity contribution >= 4 is 47.7 Å². The fourth-order valence-electron chi connectivity index (χ4n) is 0.361. The monoisotopic (exact) mass is 300 g/mol. The molecule has 65 valence electrons. The van der Waals surface area contributed by atoms with Gasteiger partial charge in [0.05, 0.1) is 3.57 Å². The summed E-state index contributed by atoms with van der Waals surface area (Å²) >= 11 is 7.56. The summed E-state index contributed by atoms with van der Waals surface area (Å²) < 4.78 is 0.705. The molecule has 0 spiro atoms. The first-order chi connectivity index (χ1) is 5.63. The maximum absolute atomic E-state index is 7.00. The molecule has 0 aliphatic heterocycles. The number of hydrogen-bond donors (Lipinski definition) is 3. The Labute approximate surface area is 88.4 Å². The second-order valence-corrected chi connectivity index (χ2v) is 2.92. The Hall–Kier alpha value is -0.115. The molecule has 0 fully saturated rings. The van der Waals surface area contributed by atoms with Crippen molar-refractivity contribution in [2.45, 2.75) is 0 Å². The number of nitrogens with zero attached hydrogens (tertiary/aromatic N) is 2. The van der Waals surface area contributed by atoms with Crippen LogP contribution in [0.2, 0.25) is 5.15 Å². The lowest BCUT2D eigenvalue weighted by Crippen LogP contribution is -1.94. The van der Waals surface area contributed by atoms with Crippen molar-refractivity contribution in [3.05, 3.63) is 15.1 Å². The highest BCUT2D eigenvalue weighted by molar-refractivity contribution is 14.1. The van der Waals surface area contributed by atoms with Crippen LogP contribution < -0.4 is 5.73 Å². The largest absolute Gasteiger partial charge is 0.482 e. The Morgan fingerprint density at radius 1 is 1.50 bits per heavy atom. The Bertz CT molecular complexity index is 231. The van der Waals surface area contributed by atoms with Crippen molar-refractivity contribution in [1.29, 1.82) is 0 Å². The third-order valence-corrected chi connectivity index (χ3v) is 2.44. The Morgan fingerprint density at radius 3 is 2.33 bits per heavy atom. The Balaban J connectivity index is 0.000000354. The highest BCUT2D eigenvalue weighted by atomic mass is 127. The number of rotatable bonds is 0. The van der Waals surface area contributed by atoms with E-state index in [-0.39, 0.29) is 7.69 Å². The minimum Gasteiger partial charge on any atom is -0.429 e. The minimum atomic E-state index is 0. The number of halogens is 2. The van der Waals surface area contributed by atoms with Crippen LogP contribution in [-0.4, -0.2) is 27.7 Å². The van der Waals surface area contributed by atoms with Crippen molar-refractivity contribution in [3.8, 4) is 0 Å². The second kappa shape index (κ2) is 6.41. The van der Waals surface area contributed by atoms with Gasteiger partial charge in [-0.1, -0.05) is 11.6 Å². The average Bonchev–Trinajstić information content (AvgIpc) is 2.02. The zero-order valence-electron chi connectivity index (χ0n) is 5.78. The van der Waals surface area contributed by atoms with E-state index in [1.165, 1.54) is 6.33 Å². The van der Waals surface area contributed by atoms with Crippen molar-refractivity contribution in [3.63, 3.8) is 0 Å². The number of hydrogen-bond acceptors (Lipinski definition) is 5. The van der Waals surface area contributed by atoms with Crippen LogP contribution in [0.5, 0.6) is 0 Å². The summed E-state index contributed by atoms with van der Waals surface area (Å²) in [5, 5.41) is 14.4. The lowest BCUT2D eigenvalue weighted by atomic mass is 10.5. The quantitative estimate of drug-likeness (QED) is 0.351. The zero-order valence-corrected chi connectivity index (χ0v) is 8.69. The molecule has 0 aliphatic rings. The molecule has 5 nitrogen and oxygen atoms in total. The van der Waals surface area contributed by atoms with Gasteiger partial charge in [-0.05, 0) is 22.6 Å². The average molecular weight is 300 g/mol. The summed E-state index contributed by atoms with van der Waals surface area (Å²) in [5.41, 5.74) is 5.38. The molecule has 1 heterocycles. The van der Waals surface area contributed by atoms with E-state index in [0.29, 0.717) is 14.5 Å². The van der Waals surface area contributed by atoms with E-state index in [2.05, 4.69) is 9.97 Å². The van der Waals surface area contributed by atoms with E-state index in [4.69, 9.17) is 27.4 Å². The van der Waals surface area contributed by atoms with Crippen LogP contribution >= 0.6 is 34.2 Å². The van der Waals surface area contributed by atoms with E-state index < -0.39 is 0 Å². The van der Waals surface area contributed by atoms with Crippen molar-refractivity contribution in [2.75, 3.05) is 5.73 Å². The van der Waals surface area contributed by atoms with Gasteiger partial charge < -0.3 is 15.8 Å².